The molecule has 0 saturated heterocycles. The van der Waals surface area contributed by atoms with E-state index in [1.165, 1.54) is 0 Å². The average Bonchev–Trinajstić information content (AvgIpc) is 2.44. The Morgan fingerprint density at radius 1 is 1.23 bits per heavy atom. The molecule has 0 spiro atoms. The Morgan fingerprint density at radius 2 is 1.91 bits per heavy atom. The Labute approximate surface area is 131 Å². The number of aryl methyl sites for hydroxylation is 2. The third-order valence-electron chi connectivity index (χ3n) is 3.11. The van der Waals surface area contributed by atoms with Crippen LogP contribution in [0.3, 0.4) is 0 Å². The van der Waals surface area contributed by atoms with Crippen LogP contribution in [0, 0.1) is 24.0 Å². The summed E-state index contributed by atoms with van der Waals surface area (Å²) >= 11 is 5.67. The molecule has 0 fully saturated rings. The van der Waals surface area contributed by atoms with E-state index in [1.54, 1.807) is 19.1 Å². The quantitative estimate of drug-likeness (QED) is 0.694. The molecule has 2 aromatic rings. The molecular formula is C15H12ClN2O4-. The van der Waals surface area contributed by atoms with Crippen LogP contribution >= 0.6 is 11.6 Å². The van der Waals surface area contributed by atoms with E-state index in [2.05, 4.69) is 5.32 Å². The summed E-state index contributed by atoms with van der Waals surface area (Å²) < 4.78 is 0. The van der Waals surface area contributed by atoms with Crippen molar-refractivity contribution in [3.8, 4) is 5.75 Å². The highest BCUT2D eigenvalue weighted by atomic mass is 35.5. The summed E-state index contributed by atoms with van der Waals surface area (Å²) in [6, 6.07) is 7.23. The first-order chi connectivity index (χ1) is 10.3. The van der Waals surface area contributed by atoms with Gasteiger partial charge in [0.05, 0.1) is 4.92 Å². The molecule has 0 saturated carbocycles. The zero-order valence-electron chi connectivity index (χ0n) is 11.8. The minimum atomic E-state index is -0.741. The van der Waals surface area contributed by atoms with Gasteiger partial charge in [0.1, 0.15) is 0 Å². The summed E-state index contributed by atoms with van der Waals surface area (Å²) in [5.74, 6) is -1.47. The Balaban J connectivity index is 2.39. The Hall–Kier alpha value is -2.60. The van der Waals surface area contributed by atoms with Gasteiger partial charge in [-0.05, 0) is 25.5 Å². The summed E-state index contributed by atoms with van der Waals surface area (Å²) in [5, 5.41) is 24.9. The maximum absolute atomic E-state index is 12.2. The van der Waals surface area contributed by atoms with Gasteiger partial charge < -0.3 is 10.4 Å². The number of anilines is 1. The number of benzene rings is 2. The fourth-order valence-corrected chi connectivity index (χ4v) is 2.21. The Kier molecular flexibility index (Phi) is 4.32. The maximum atomic E-state index is 12.2. The first kappa shape index (κ1) is 15.8. The average molecular weight is 320 g/mol. The normalized spacial score (nSPS) is 10.3. The number of nitro benzene ring substituents is 1. The lowest BCUT2D eigenvalue weighted by Gasteiger charge is -2.16. The number of nitrogens with zero attached hydrogens (tertiary/aromatic N) is 1. The topological polar surface area (TPSA) is 95.3 Å². The maximum Gasteiger partial charge on any atom is 0.271 e. The van der Waals surface area contributed by atoms with Crippen molar-refractivity contribution in [1.29, 1.82) is 0 Å². The van der Waals surface area contributed by atoms with E-state index < -0.39 is 22.3 Å². The second-order valence-electron chi connectivity index (χ2n) is 4.83. The molecule has 0 aromatic heterocycles. The number of rotatable bonds is 3. The fraction of sp³-hybridized carbons (Fsp3) is 0.133. The lowest BCUT2D eigenvalue weighted by atomic mass is 10.1. The van der Waals surface area contributed by atoms with Crippen LogP contribution in [-0.2, 0) is 0 Å². The first-order valence-electron chi connectivity index (χ1n) is 6.33. The number of nitro groups is 1. The van der Waals surface area contributed by atoms with E-state index >= 15 is 0 Å². The van der Waals surface area contributed by atoms with Crippen LogP contribution in [0.1, 0.15) is 21.5 Å². The van der Waals surface area contributed by atoms with Gasteiger partial charge in [-0.25, -0.2) is 0 Å². The van der Waals surface area contributed by atoms with Crippen LogP contribution in [-0.4, -0.2) is 10.8 Å². The molecular weight excluding hydrogens is 308 g/mol. The summed E-state index contributed by atoms with van der Waals surface area (Å²) in [6.45, 7) is 3.72. The molecule has 0 aliphatic rings. The zero-order chi connectivity index (χ0) is 16.4. The third-order valence-corrected chi connectivity index (χ3v) is 3.39. The minimum Gasteiger partial charge on any atom is -0.871 e. The Morgan fingerprint density at radius 3 is 2.50 bits per heavy atom. The van der Waals surface area contributed by atoms with Crippen LogP contribution < -0.4 is 10.4 Å². The smallest absolute Gasteiger partial charge is 0.271 e. The molecule has 0 radical (unpaired) electrons. The summed E-state index contributed by atoms with van der Waals surface area (Å²) in [7, 11) is 0. The van der Waals surface area contributed by atoms with Crippen molar-refractivity contribution in [3.05, 3.63) is 62.2 Å². The van der Waals surface area contributed by atoms with E-state index in [4.69, 9.17) is 11.6 Å². The highest BCUT2D eigenvalue weighted by Gasteiger charge is 2.16. The van der Waals surface area contributed by atoms with Gasteiger partial charge in [-0.15, -0.1) is 0 Å². The molecule has 7 heteroatoms. The van der Waals surface area contributed by atoms with Crippen LogP contribution in [0.25, 0.3) is 0 Å². The third kappa shape index (κ3) is 3.17. The van der Waals surface area contributed by atoms with Gasteiger partial charge in [0.2, 0.25) is 0 Å². The van der Waals surface area contributed by atoms with Crippen LogP contribution in [0.5, 0.6) is 5.75 Å². The zero-order valence-corrected chi connectivity index (χ0v) is 12.6. The summed E-state index contributed by atoms with van der Waals surface area (Å²) in [6.07, 6.45) is 0. The number of amides is 1. The molecule has 0 unspecified atom stereocenters. The van der Waals surface area contributed by atoms with Crippen LogP contribution in [0.15, 0.2) is 30.3 Å². The molecule has 22 heavy (non-hydrogen) atoms. The fourth-order valence-electron chi connectivity index (χ4n) is 2.00. The molecule has 0 aliphatic heterocycles. The lowest BCUT2D eigenvalue weighted by Crippen LogP contribution is -2.16. The molecule has 2 rings (SSSR count). The first-order valence-corrected chi connectivity index (χ1v) is 6.71. The second-order valence-corrected chi connectivity index (χ2v) is 5.24. The molecule has 6 nitrogen and oxygen atoms in total. The number of nitrogens with one attached hydrogen (secondary N) is 1. The van der Waals surface area contributed by atoms with Crippen molar-refractivity contribution in [2.45, 2.75) is 13.8 Å². The van der Waals surface area contributed by atoms with Crippen LogP contribution in [0.4, 0.5) is 11.4 Å². The van der Waals surface area contributed by atoms with Crippen molar-refractivity contribution in [1.82, 2.24) is 0 Å². The van der Waals surface area contributed by atoms with Crippen molar-refractivity contribution < 1.29 is 14.8 Å². The van der Waals surface area contributed by atoms with Crippen molar-refractivity contribution >= 4 is 28.9 Å². The van der Waals surface area contributed by atoms with E-state index in [1.807, 2.05) is 13.0 Å². The minimum absolute atomic E-state index is 0.361. The number of non-ortho nitro benzene ring substituents is 1. The molecule has 0 atom stereocenters. The molecule has 114 valence electrons. The van der Waals surface area contributed by atoms with E-state index in [0.717, 1.165) is 23.3 Å². The van der Waals surface area contributed by atoms with Gasteiger partial charge >= 0.3 is 0 Å². The van der Waals surface area contributed by atoms with Crippen molar-refractivity contribution in [2.24, 2.45) is 0 Å². The van der Waals surface area contributed by atoms with Crippen LogP contribution in [0.2, 0.25) is 5.02 Å². The number of halogens is 1. The van der Waals surface area contributed by atoms with Gasteiger partial charge in [0, 0.05) is 28.4 Å². The molecule has 1 N–H and O–H groups in total. The number of carbonyl (C=O) groups excluding carboxylic acids is 1. The number of hydrogen-bond donors (Lipinski definition) is 1. The largest absolute Gasteiger partial charge is 0.871 e. The SMILES string of the molecule is Cc1ccc(NC(=O)c2cc([N+](=O)[O-])cc(Cl)c2[O-])c(C)c1. The number of carbonyl (C=O) groups is 1. The standard InChI is InChI=1S/C15H13ClN2O4/c1-8-3-4-13(9(2)5-8)17-15(20)11-6-10(18(21)22)7-12(16)14(11)19/h3-7,19H,1-2H3,(H,17,20)/p-1. The molecule has 0 aliphatic carbocycles. The molecule has 1 amide bonds. The molecule has 0 bridgehead atoms. The van der Waals surface area contributed by atoms with Crippen molar-refractivity contribution in [3.63, 3.8) is 0 Å². The van der Waals surface area contributed by atoms with Gasteiger partial charge in [-0.1, -0.05) is 35.0 Å². The predicted molar refractivity (Wildman–Crippen MR) is 81.4 cm³/mol. The second kappa shape index (κ2) is 6.03. The lowest BCUT2D eigenvalue weighted by molar-refractivity contribution is -0.385. The van der Waals surface area contributed by atoms with Gasteiger partial charge in [-0.3, -0.25) is 14.9 Å². The van der Waals surface area contributed by atoms with Gasteiger partial charge in [-0.2, -0.15) is 0 Å². The predicted octanol–water partition coefficient (Wildman–Crippen LogP) is 3.19. The summed E-state index contributed by atoms with van der Waals surface area (Å²) in [5.41, 5.74) is 1.60. The van der Waals surface area contributed by atoms with E-state index in [9.17, 15) is 20.0 Å². The van der Waals surface area contributed by atoms with E-state index in [0.29, 0.717) is 5.69 Å². The highest BCUT2D eigenvalue weighted by Crippen LogP contribution is 2.31. The van der Waals surface area contributed by atoms with Crippen molar-refractivity contribution in [2.75, 3.05) is 5.32 Å². The monoisotopic (exact) mass is 319 g/mol. The van der Waals surface area contributed by atoms with Gasteiger partial charge in [0.25, 0.3) is 11.6 Å². The van der Waals surface area contributed by atoms with E-state index in [-0.39, 0.29) is 10.6 Å². The van der Waals surface area contributed by atoms with Gasteiger partial charge in [0.15, 0.2) is 0 Å². The number of hydrogen-bond acceptors (Lipinski definition) is 4. The Bertz CT molecular complexity index is 774. The summed E-state index contributed by atoms with van der Waals surface area (Å²) in [4.78, 5) is 22.3. The molecule has 0 heterocycles. The highest BCUT2D eigenvalue weighted by molar-refractivity contribution is 6.33. The molecule has 2 aromatic carbocycles.